The van der Waals surface area contributed by atoms with Crippen LogP contribution < -0.4 is 5.32 Å². The molecule has 0 saturated carbocycles. The summed E-state index contributed by atoms with van der Waals surface area (Å²) in [5.41, 5.74) is 0.897. The maximum absolute atomic E-state index is 12.3. The summed E-state index contributed by atoms with van der Waals surface area (Å²) >= 11 is 0. The molecule has 1 aromatic rings. The molecular weight excluding hydrogens is 326 g/mol. The van der Waals surface area contributed by atoms with E-state index in [9.17, 15) is 13.2 Å². The zero-order valence-corrected chi connectivity index (χ0v) is 15.3. The molecule has 0 unspecified atom stereocenters. The predicted molar refractivity (Wildman–Crippen MR) is 94.4 cm³/mol. The van der Waals surface area contributed by atoms with Gasteiger partial charge in [-0.2, -0.15) is 0 Å². The third-order valence-electron chi connectivity index (χ3n) is 4.39. The van der Waals surface area contributed by atoms with Crippen LogP contribution in [0, 0.1) is 5.92 Å². The van der Waals surface area contributed by atoms with E-state index >= 15 is 0 Å². The summed E-state index contributed by atoms with van der Waals surface area (Å²) < 4.78 is 22.7. The monoisotopic (exact) mass is 353 g/mol. The van der Waals surface area contributed by atoms with Crippen molar-refractivity contribution in [2.24, 2.45) is 5.92 Å². The van der Waals surface area contributed by atoms with Crippen molar-refractivity contribution in [2.45, 2.75) is 32.2 Å². The summed E-state index contributed by atoms with van der Waals surface area (Å²) in [6.07, 6.45) is 7.07. The maximum Gasteiger partial charge on any atom is 0.224 e. The summed E-state index contributed by atoms with van der Waals surface area (Å²) in [5.74, 6) is 0.550. The largest absolute Gasteiger partial charge is 0.351 e. The second kappa shape index (κ2) is 8.58. The molecule has 0 aliphatic carbocycles. The van der Waals surface area contributed by atoms with Crippen molar-refractivity contribution in [1.29, 1.82) is 0 Å². The summed E-state index contributed by atoms with van der Waals surface area (Å²) in [6.45, 7) is 4.24. The first-order valence-electron chi connectivity index (χ1n) is 8.45. The standard InChI is InChI=1S/C17H27N3O3S/c1-3-5-15-12-20(8-9-24(2,22)23)13-16(15)19-17(21)10-14-6-4-7-18-11-14/h4,6-7,11,15-16H,3,5,8-10,12-13H2,1-2H3,(H,19,21)/t15-,16-/m1/s1. The van der Waals surface area contributed by atoms with Crippen molar-refractivity contribution in [3.8, 4) is 0 Å². The van der Waals surface area contributed by atoms with Gasteiger partial charge in [-0.3, -0.25) is 14.7 Å². The Kier molecular flexibility index (Phi) is 6.74. The second-order valence-corrected chi connectivity index (χ2v) is 8.91. The maximum atomic E-state index is 12.3. The number of carbonyl (C=O) groups excluding carboxylic acids is 1. The van der Waals surface area contributed by atoms with E-state index in [0.29, 0.717) is 18.9 Å². The van der Waals surface area contributed by atoms with Crippen LogP contribution in [0.2, 0.25) is 0 Å². The number of aromatic nitrogens is 1. The minimum absolute atomic E-state index is 0.000865. The van der Waals surface area contributed by atoms with Crippen LogP contribution in [0.5, 0.6) is 0 Å². The third-order valence-corrected chi connectivity index (χ3v) is 5.31. The molecule has 2 rings (SSSR count). The number of carbonyl (C=O) groups is 1. The Morgan fingerprint density at radius 2 is 2.21 bits per heavy atom. The zero-order chi connectivity index (χ0) is 17.6. The predicted octanol–water partition coefficient (Wildman–Crippen LogP) is 0.885. The summed E-state index contributed by atoms with van der Waals surface area (Å²) in [4.78, 5) is 18.5. The average molecular weight is 353 g/mol. The molecule has 1 aliphatic rings. The lowest BCUT2D eigenvalue weighted by molar-refractivity contribution is -0.121. The van der Waals surface area contributed by atoms with Gasteiger partial charge in [-0.1, -0.05) is 19.4 Å². The molecule has 6 nitrogen and oxygen atoms in total. The van der Waals surface area contributed by atoms with E-state index in [2.05, 4.69) is 22.1 Å². The van der Waals surface area contributed by atoms with Gasteiger partial charge in [0, 0.05) is 44.3 Å². The Morgan fingerprint density at radius 3 is 2.83 bits per heavy atom. The fraction of sp³-hybridized carbons (Fsp3) is 0.647. The summed E-state index contributed by atoms with van der Waals surface area (Å²) in [6, 6.07) is 3.81. The lowest BCUT2D eigenvalue weighted by Gasteiger charge is -2.19. The second-order valence-electron chi connectivity index (χ2n) is 6.65. The van der Waals surface area contributed by atoms with E-state index in [1.165, 1.54) is 6.26 Å². The highest BCUT2D eigenvalue weighted by atomic mass is 32.2. The number of hydrogen-bond donors (Lipinski definition) is 1. The van der Waals surface area contributed by atoms with Gasteiger partial charge in [0.05, 0.1) is 12.2 Å². The average Bonchev–Trinajstić information content (AvgIpc) is 2.88. The third kappa shape index (κ3) is 6.20. The molecule has 1 aliphatic heterocycles. The fourth-order valence-corrected chi connectivity index (χ4v) is 3.80. The number of sulfone groups is 1. The van der Waals surface area contributed by atoms with Gasteiger partial charge in [0.1, 0.15) is 9.84 Å². The molecule has 1 saturated heterocycles. The number of nitrogens with zero attached hydrogens (tertiary/aromatic N) is 2. The fourth-order valence-electron chi connectivity index (χ4n) is 3.21. The van der Waals surface area contributed by atoms with E-state index in [1.807, 2.05) is 12.1 Å². The molecule has 7 heteroatoms. The Balaban J connectivity index is 1.90. The summed E-state index contributed by atoms with van der Waals surface area (Å²) in [5, 5.41) is 3.13. The molecule has 1 fully saturated rings. The lowest BCUT2D eigenvalue weighted by atomic mass is 9.98. The Bertz CT molecular complexity index is 634. The van der Waals surface area contributed by atoms with Crippen LogP contribution in [0.25, 0.3) is 0 Å². The Hall–Kier alpha value is -1.47. The number of pyridine rings is 1. The van der Waals surface area contributed by atoms with Crippen LogP contribution in [0.15, 0.2) is 24.5 Å². The quantitative estimate of drug-likeness (QED) is 0.751. The number of rotatable bonds is 8. The SMILES string of the molecule is CCC[C@@H]1CN(CCS(C)(=O)=O)C[C@H]1NC(=O)Cc1cccnc1. The van der Waals surface area contributed by atoms with Crippen molar-refractivity contribution in [2.75, 3.05) is 31.6 Å². The Morgan fingerprint density at radius 1 is 1.42 bits per heavy atom. The van der Waals surface area contributed by atoms with Crippen LogP contribution in [0.4, 0.5) is 0 Å². The highest BCUT2D eigenvalue weighted by molar-refractivity contribution is 7.90. The molecule has 134 valence electrons. The highest BCUT2D eigenvalue weighted by Crippen LogP contribution is 2.22. The van der Waals surface area contributed by atoms with Gasteiger partial charge in [0.2, 0.25) is 5.91 Å². The van der Waals surface area contributed by atoms with Crippen LogP contribution in [-0.2, 0) is 21.1 Å². The first kappa shape index (κ1) is 18.9. The smallest absolute Gasteiger partial charge is 0.224 e. The number of likely N-dealkylation sites (tertiary alicyclic amines) is 1. The van der Waals surface area contributed by atoms with Crippen molar-refractivity contribution in [3.63, 3.8) is 0 Å². The molecular formula is C17H27N3O3S. The van der Waals surface area contributed by atoms with E-state index in [1.54, 1.807) is 12.4 Å². The molecule has 1 amide bonds. The van der Waals surface area contributed by atoms with E-state index in [-0.39, 0.29) is 17.7 Å². The number of hydrogen-bond acceptors (Lipinski definition) is 5. The van der Waals surface area contributed by atoms with Gasteiger partial charge in [0.15, 0.2) is 0 Å². The van der Waals surface area contributed by atoms with Gasteiger partial charge in [-0.15, -0.1) is 0 Å². The topological polar surface area (TPSA) is 79.4 Å². The van der Waals surface area contributed by atoms with Gasteiger partial charge in [0.25, 0.3) is 0 Å². The minimum atomic E-state index is -2.96. The highest BCUT2D eigenvalue weighted by Gasteiger charge is 2.33. The Labute approximate surface area is 144 Å². The molecule has 2 heterocycles. The van der Waals surface area contributed by atoms with Crippen molar-refractivity contribution in [1.82, 2.24) is 15.2 Å². The molecule has 0 spiro atoms. The first-order chi connectivity index (χ1) is 11.4. The molecule has 2 atom stereocenters. The normalized spacial score (nSPS) is 21.8. The molecule has 0 radical (unpaired) electrons. The van der Waals surface area contributed by atoms with Crippen molar-refractivity contribution < 1.29 is 13.2 Å². The van der Waals surface area contributed by atoms with Crippen molar-refractivity contribution >= 4 is 15.7 Å². The molecule has 1 aromatic heterocycles. The van der Waals surface area contributed by atoms with Gasteiger partial charge in [-0.25, -0.2) is 8.42 Å². The van der Waals surface area contributed by atoms with Crippen LogP contribution in [0.3, 0.4) is 0 Å². The van der Waals surface area contributed by atoms with Gasteiger partial charge >= 0.3 is 0 Å². The summed E-state index contributed by atoms with van der Waals surface area (Å²) in [7, 11) is -2.96. The lowest BCUT2D eigenvalue weighted by Crippen LogP contribution is -2.41. The number of amides is 1. The number of nitrogens with one attached hydrogen (secondary N) is 1. The molecule has 24 heavy (non-hydrogen) atoms. The van der Waals surface area contributed by atoms with Crippen LogP contribution >= 0.6 is 0 Å². The molecule has 0 bridgehead atoms. The molecule has 1 N–H and O–H groups in total. The van der Waals surface area contributed by atoms with Gasteiger partial charge < -0.3 is 5.32 Å². The van der Waals surface area contributed by atoms with Crippen LogP contribution in [-0.4, -0.2) is 61.9 Å². The van der Waals surface area contributed by atoms with Gasteiger partial charge in [-0.05, 0) is 24.0 Å². The first-order valence-corrected chi connectivity index (χ1v) is 10.5. The van der Waals surface area contributed by atoms with Crippen molar-refractivity contribution in [3.05, 3.63) is 30.1 Å². The van der Waals surface area contributed by atoms with E-state index in [0.717, 1.165) is 31.5 Å². The van der Waals surface area contributed by atoms with E-state index in [4.69, 9.17) is 0 Å². The van der Waals surface area contributed by atoms with Crippen LogP contribution in [0.1, 0.15) is 25.3 Å². The minimum Gasteiger partial charge on any atom is -0.351 e. The molecule has 0 aromatic carbocycles. The van der Waals surface area contributed by atoms with E-state index < -0.39 is 9.84 Å². The zero-order valence-electron chi connectivity index (χ0n) is 14.4.